The first-order chi connectivity index (χ1) is 15.5. The largest absolute Gasteiger partial charge is 0.489 e. The minimum atomic E-state index is -0.333. The zero-order valence-electron chi connectivity index (χ0n) is 18.1. The van der Waals surface area contributed by atoms with Crippen molar-refractivity contribution >= 4 is 17.6 Å². The van der Waals surface area contributed by atoms with Crippen molar-refractivity contribution in [3.05, 3.63) is 84.1 Å². The second-order valence-electron chi connectivity index (χ2n) is 7.09. The third-order valence-corrected chi connectivity index (χ3v) is 4.38. The monoisotopic (exact) mass is 438 g/mol. The van der Waals surface area contributed by atoms with Crippen LogP contribution in [0.3, 0.4) is 0 Å². The highest BCUT2D eigenvalue weighted by Crippen LogP contribution is 2.14. The van der Waals surface area contributed by atoms with Gasteiger partial charge in [0.2, 0.25) is 0 Å². The first-order valence-corrected chi connectivity index (χ1v) is 10.4. The molecule has 168 valence electrons. The van der Waals surface area contributed by atoms with Crippen molar-refractivity contribution in [1.82, 2.24) is 10.6 Å². The fraction of sp³-hybridized carbons (Fsp3) is 0.250. The van der Waals surface area contributed by atoms with Gasteiger partial charge in [-0.05, 0) is 55.8 Å². The average Bonchev–Trinajstić information content (AvgIpc) is 3.31. The Kier molecular flexibility index (Phi) is 8.25. The molecule has 1 amide bonds. The Labute approximate surface area is 186 Å². The summed E-state index contributed by atoms with van der Waals surface area (Å²) >= 11 is 0. The van der Waals surface area contributed by atoms with Crippen LogP contribution in [0.1, 0.15) is 30.0 Å². The number of amides is 1. The van der Waals surface area contributed by atoms with Crippen LogP contribution in [0.25, 0.3) is 0 Å². The van der Waals surface area contributed by atoms with Gasteiger partial charge in [-0.1, -0.05) is 18.2 Å². The molecule has 3 rings (SSSR count). The highest BCUT2D eigenvalue weighted by Gasteiger charge is 2.09. The van der Waals surface area contributed by atoms with E-state index in [1.807, 2.05) is 38.1 Å². The predicted molar refractivity (Wildman–Crippen MR) is 122 cm³/mol. The lowest BCUT2D eigenvalue weighted by atomic mass is 10.2. The topological polar surface area (TPSA) is 87.9 Å². The van der Waals surface area contributed by atoms with Crippen LogP contribution >= 0.6 is 0 Å². The van der Waals surface area contributed by atoms with Crippen LogP contribution in [0.5, 0.6) is 5.75 Å². The zero-order chi connectivity index (χ0) is 22.8. The Hall–Kier alpha value is -3.81. The van der Waals surface area contributed by atoms with Crippen LogP contribution in [0.2, 0.25) is 0 Å². The molecule has 1 aromatic heterocycles. The molecule has 0 fully saturated rings. The molecule has 3 aromatic rings. The van der Waals surface area contributed by atoms with Gasteiger partial charge in [0.15, 0.2) is 11.7 Å². The van der Waals surface area contributed by atoms with E-state index in [0.29, 0.717) is 37.0 Å². The third-order valence-electron chi connectivity index (χ3n) is 4.38. The van der Waals surface area contributed by atoms with Gasteiger partial charge in [0, 0.05) is 18.3 Å². The van der Waals surface area contributed by atoms with Crippen molar-refractivity contribution in [3.63, 3.8) is 0 Å². The van der Waals surface area contributed by atoms with Gasteiger partial charge in [-0.15, -0.1) is 0 Å². The van der Waals surface area contributed by atoms with Gasteiger partial charge in [0.05, 0.1) is 19.4 Å². The maximum absolute atomic E-state index is 13.3. The van der Waals surface area contributed by atoms with E-state index >= 15 is 0 Å². The fourth-order valence-electron chi connectivity index (χ4n) is 2.91. The molecule has 0 aliphatic heterocycles. The van der Waals surface area contributed by atoms with Crippen molar-refractivity contribution in [2.75, 3.05) is 18.4 Å². The Morgan fingerprint density at radius 3 is 2.72 bits per heavy atom. The minimum Gasteiger partial charge on any atom is -0.489 e. The van der Waals surface area contributed by atoms with E-state index in [1.165, 1.54) is 18.4 Å². The molecule has 0 radical (unpaired) electrons. The van der Waals surface area contributed by atoms with E-state index < -0.39 is 0 Å². The molecule has 2 aromatic carbocycles. The number of rotatable bonds is 9. The van der Waals surface area contributed by atoms with E-state index in [2.05, 4.69) is 20.9 Å². The Balaban J connectivity index is 1.55. The van der Waals surface area contributed by atoms with Gasteiger partial charge in [0.1, 0.15) is 17.7 Å². The molecule has 0 spiro atoms. The number of guanidine groups is 1. The number of nitrogens with one attached hydrogen (secondary N) is 3. The van der Waals surface area contributed by atoms with E-state index in [9.17, 15) is 9.18 Å². The minimum absolute atomic E-state index is 0.194. The van der Waals surface area contributed by atoms with E-state index in [1.54, 1.807) is 24.3 Å². The number of carbonyl (C=O) groups excluding carboxylic acids is 1. The molecule has 0 saturated carbocycles. The van der Waals surface area contributed by atoms with Crippen molar-refractivity contribution < 1.29 is 18.3 Å². The van der Waals surface area contributed by atoms with Crippen LogP contribution in [0.4, 0.5) is 10.1 Å². The number of hydrogen-bond acceptors (Lipinski definition) is 4. The first kappa shape index (κ1) is 22.9. The maximum atomic E-state index is 13.3. The molecule has 8 heteroatoms. The number of nitrogens with zero attached hydrogens (tertiary/aromatic N) is 1. The summed E-state index contributed by atoms with van der Waals surface area (Å²) < 4.78 is 24.2. The van der Waals surface area contributed by atoms with E-state index in [0.717, 1.165) is 5.56 Å². The van der Waals surface area contributed by atoms with Crippen LogP contribution in [0.15, 0.2) is 76.3 Å². The Morgan fingerprint density at radius 2 is 1.97 bits per heavy atom. The van der Waals surface area contributed by atoms with Gasteiger partial charge in [-0.3, -0.25) is 4.79 Å². The smallest absolute Gasteiger partial charge is 0.291 e. The highest BCUT2D eigenvalue weighted by molar-refractivity contribution is 6.02. The Bertz CT molecular complexity index is 1040. The van der Waals surface area contributed by atoms with Gasteiger partial charge in [-0.25, -0.2) is 9.38 Å². The molecule has 0 saturated heterocycles. The summed E-state index contributed by atoms with van der Waals surface area (Å²) in [5.74, 6) is 0.724. The number of aliphatic imine (C=N–C) groups is 1. The van der Waals surface area contributed by atoms with Gasteiger partial charge < -0.3 is 25.1 Å². The van der Waals surface area contributed by atoms with E-state index in [-0.39, 0.29) is 23.6 Å². The normalized spacial score (nSPS) is 12.2. The summed E-state index contributed by atoms with van der Waals surface area (Å²) in [5, 5.41) is 9.23. The molecular formula is C24H27FN4O3. The average molecular weight is 439 g/mol. The predicted octanol–water partition coefficient (Wildman–Crippen LogP) is 4.19. The second kappa shape index (κ2) is 11.5. The van der Waals surface area contributed by atoms with Crippen molar-refractivity contribution in [3.8, 4) is 5.75 Å². The molecule has 7 nitrogen and oxygen atoms in total. The van der Waals surface area contributed by atoms with Crippen molar-refractivity contribution in [2.45, 2.75) is 26.5 Å². The molecule has 1 unspecified atom stereocenters. The number of furan rings is 1. The molecule has 0 aliphatic carbocycles. The van der Waals surface area contributed by atoms with Gasteiger partial charge in [-0.2, -0.15) is 0 Å². The molecular weight excluding hydrogens is 411 g/mol. The molecule has 1 heterocycles. The first-order valence-electron chi connectivity index (χ1n) is 10.4. The van der Waals surface area contributed by atoms with Gasteiger partial charge in [0.25, 0.3) is 5.91 Å². The van der Waals surface area contributed by atoms with E-state index in [4.69, 9.17) is 9.15 Å². The lowest BCUT2D eigenvalue weighted by molar-refractivity contribution is 0.0996. The van der Waals surface area contributed by atoms with Gasteiger partial charge >= 0.3 is 0 Å². The third kappa shape index (κ3) is 7.16. The van der Waals surface area contributed by atoms with Crippen LogP contribution < -0.4 is 20.7 Å². The molecule has 3 N–H and O–H groups in total. The highest BCUT2D eigenvalue weighted by atomic mass is 19.1. The van der Waals surface area contributed by atoms with Crippen LogP contribution in [0, 0.1) is 5.82 Å². The summed E-state index contributed by atoms with van der Waals surface area (Å²) in [6, 6.07) is 16.8. The standard InChI is InChI=1S/C24H27FN4O3/c1-3-26-24(27-15-17(2)32-21-10-5-8-19(25)14-21)28-16-18-7-4-9-20(13-18)29-23(30)22-11-6-12-31-22/h4-14,17H,3,15-16H2,1-2H3,(H,29,30)(H2,26,27,28). The molecule has 0 bridgehead atoms. The number of benzene rings is 2. The maximum Gasteiger partial charge on any atom is 0.291 e. The fourth-order valence-corrected chi connectivity index (χ4v) is 2.91. The van der Waals surface area contributed by atoms with Crippen molar-refractivity contribution in [2.24, 2.45) is 4.99 Å². The zero-order valence-corrected chi connectivity index (χ0v) is 18.1. The second-order valence-corrected chi connectivity index (χ2v) is 7.09. The molecule has 0 aliphatic rings. The molecule has 1 atom stereocenters. The Morgan fingerprint density at radius 1 is 1.12 bits per heavy atom. The number of anilines is 1. The summed E-state index contributed by atoms with van der Waals surface area (Å²) in [6.07, 6.45) is 1.26. The SMILES string of the molecule is CCNC(=NCc1cccc(NC(=O)c2ccco2)c1)NCC(C)Oc1cccc(F)c1. The quantitative estimate of drug-likeness (QED) is 0.344. The summed E-state index contributed by atoms with van der Waals surface area (Å²) in [5.41, 5.74) is 1.60. The number of carbonyl (C=O) groups is 1. The van der Waals surface area contributed by atoms with Crippen LogP contribution in [-0.4, -0.2) is 31.1 Å². The number of halogens is 1. The lowest BCUT2D eigenvalue weighted by Crippen LogP contribution is -2.41. The van der Waals surface area contributed by atoms with Crippen molar-refractivity contribution in [1.29, 1.82) is 0 Å². The summed E-state index contributed by atoms with van der Waals surface area (Å²) in [7, 11) is 0. The van der Waals surface area contributed by atoms with Crippen LogP contribution in [-0.2, 0) is 6.54 Å². The summed E-state index contributed by atoms with van der Waals surface area (Å²) in [6.45, 7) is 5.48. The number of ether oxygens (including phenoxy) is 1. The molecule has 32 heavy (non-hydrogen) atoms. The summed E-state index contributed by atoms with van der Waals surface area (Å²) in [4.78, 5) is 16.7. The number of hydrogen-bond donors (Lipinski definition) is 3. The lowest BCUT2D eigenvalue weighted by Gasteiger charge is -2.17.